The van der Waals surface area contributed by atoms with Crippen molar-refractivity contribution in [1.82, 2.24) is 25.3 Å². The molecule has 2 saturated heterocycles. The maximum absolute atomic E-state index is 14.2. The number of likely N-dealkylation sites (N-methyl/N-ethyl adjacent to an activating group) is 1. The van der Waals surface area contributed by atoms with Crippen molar-refractivity contribution in [1.29, 1.82) is 0 Å². The van der Waals surface area contributed by atoms with Crippen molar-refractivity contribution in [2.24, 2.45) is 17.8 Å². The molecule has 2 heterocycles. The van der Waals surface area contributed by atoms with Gasteiger partial charge in [-0.05, 0) is 43.6 Å². The summed E-state index contributed by atoms with van der Waals surface area (Å²) in [5, 5.41) is 16.0. The van der Waals surface area contributed by atoms with Crippen molar-refractivity contribution < 1.29 is 38.5 Å². The van der Waals surface area contributed by atoms with Gasteiger partial charge in [0.1, 0.15) is 6.04 Å². The van der Waals surface area contributed by atoms with Crippen LogP contribution in [0.15, 0.2) is 30.3 Å². The van der Waals surface area contributed by atoms with Crippen molar-refractivity contribution in [3.63, 3.8) is 0 Å². The third kappa shape index (κ3) is 11.1. The number of nitrogens with zero attached hydrogens (tertiary/aromatic N) is 3. The molecule has 13 nitrogen and oxygen atoms in total. The highest BCUT2D eigenvalue weighted by Crippen LogP contribution is 2.30. The number of rotatable bonds is 18. The fourth-order valence-electron chi connectivity index (χ4n) is 7.68. The number of benzene rings is 1. The predicted molar refractivity (Wildman–Crippen MR) is 199 cm³/mol. The molecular weight excluding hydrogens is 666 g/mol. The molecule has 2 aliphatic heterocycles. The zero-order chi connectivity index (χ0) is 38.5. The number of amides is 5. The summed E-state index contributed by atoms with van der Waals surface area (Å²) in [6.07, 6.45) is 1.52. The molecule has 2 fully saturated rings. The van der Waals surface area contributed by atoms with Crippen LogP contribution in [0.3, 0.4) is 0 Å². The Balaban J connectivity index is 1.74. The van der Waals surface area contributed by atoms with Gasteiger partial charge in [-0.15, -0.1) is 0 Å². The van der Waals surface area contributed by atoms with E-state index in [0.717, 1.165) is 18.4 Å². The summed E-state index contributed by atoms with van der Waals surface area (Å²) in [5.41, 5.74) is 1.01. The summed E-state index contributed by atoms with van der Waals surface area (Å²) >= 11 is 0. The summed E-state index contributed by atoms with van der Waals surface area (Å²) in [5.74, 6) is -1.41. The second kappa shape index (κ2) is 20.8. The van der Waals surface area contributed by atoms with E-state index in [0.29, 0.717) is 39.1 Å². The highest BCUT2D eigenvalue weighted by atomic mass is 16.5. The van der Waals surface area contributed by atoms with E-state index in [1.807, 2.05) is 65.0 Å². The monoisotopic (exact) mass is 731 g/mol. The Labute approximate surface area is 311 Å². The molecule has 294 valence electrons. The first-order valence-electron chi connectivity index (χ1n) is 19.0. The van der Waals surface area contributed by atoms with Crippen molar-refractivity contribution in [2.75, 3.05) is 54.2 Å². The van der Waals surface area contributed by atoms with Gasteiger partial charge in [-0.2, -0.15) is 0 Å². The second-order valence-electron chi connectivity index (χ2n) is 15.0. The lowest BCUT2D eigenvalue weighted by atomic mass is 9.89. The van der Waals surface area contributed by atoms with Crippen molar-refractivity contribution in [2.45, 2.75) is 116 Å². The molecule has 0 bridgehead atoms. The highest BCUT2D eigenvalue weighted by molar-refractivity contribution is 5.88. The molecule has 0 aromatic heterocycles. The molecule has 13 heteroatoms. The summed E-state index contributed by atoms with van der Waals surface area (Å²) in [7, 11) is 4.85. The largest absolute Gasteiger partial charge is 0.394 e. The second-order valence-corrected chi connectivity index (χ2v) is 15.0. The smallest absolute Gasteiger partial charge is 0.318 e. The van der Waals surface area contributed by atoms with E-state index >= 15 is 0 Å². The molecule has 0 aliphatic carbocycles. The fourth-order valence-corrected chi connectivity index (χ4v) is 7.68. The van der Waals surface area contributed by atoms with Crippen LogP contribution in [0.1, 0.15) is 72.8 Å². The van der Waals surface area contributed by atoms with Gasteiger partial charge in [0.2, 0.25) is 17.7 Å². The topological polar surface area (TPSA) is 150 Å². The number of methoxy groups -OCH3 is 2. The lowest BCUT2D eigenvalue weighted by Gasteiger charge is -2.41. The van der Waals surface area contributed by atoms with E-state index in [9.17, 15) is 24.3 Å². The number of ether oxygens (including phenoxy) is 3. The maximum atomic E-state index is 14.2. The van der Waals surface area contributed by atoms with E-state index < -0.39 is 36.3 Å². The Morgan fingerprint density at radius 1 is 1.02 bits per heavy atom. The first-order valence-corrected chi connectivity index (χ1v) is 19.0. The molecule has 52 heavy (non-hydrogen) atoms. The number of carbonyl (C=O) groups is 4. The lowest BCUT2D eigenvalue weighted by Crippen LogP contribution is -2.60. The summed E-state index contributed by atoms with van der Waals surface area (Å²) in [6.45, 7) is 13.3. The number of morpholine rings is 1. The van der Waals surface area contributed by atoms with Gasteiger partial charge in [-0.1, -0.05) is 71.4 Å². The van der Waals surface area contributed by atoms with Gasteiger partial charge < -0.3 is 44.7 Å². The van der Waals surface area contributed by atoms with Crippen LogP contribution in [0.4, 0.5) is 4.79 Å². The Bertz CT molecular complexity index is 1280. The van der Waals surface area contributed by atoms with Gasteiger partial charge in [0, 0.05) is 34.4 Å². The maximum Gasteiger partial charge on any atom is 0.318 e. The van der Waals surface area contributed by atoms with Gasteiger partial charge in [-0.25, -0.2) is 4.79 Å². The number of likely N-dealkylation sites (tertiary alicyclic amines) is 1. The molecule has 1 aromatic rings. The van der Waals surface area contributed by atoms with Crippen molar-refractivity contribution in [3.05, 3.63) is 35.9 Å². The van der Waals surface area contributed by atoms with E-state index in [1.54, 1.807) is 42.9 Å². The molecule has 0 unspecified atom stereocenters. The van der Waals surface area contributed by atoms with E-state index in [4.69, 9.17) is 14.2 Å². The van der Waals surface area contributed by atoms with E-state index in [1.165, 1.54) is 0 Å². The summed E-state index contributed by atoms with van der Waals surface area (Å²) in [6, 6.07) is 7.27. The van der Waals surface area contributed by atoms with Crippen LogP contribution in [0, 0.1) is 17.8 Å². The predicted octanol–water partition coefficient (Wildman–Crippen LogP) is 3.08. The van der Waals surface area contributed by atoms with Crippen LogP contribution in [0.2, 0.25) is 0 Å². The zero-order valence-corrected chi connectivity index (χ0v) is 32.9. The molecule has 3 N–H and O–H groups in total. The van der Waals surface area contributed by atoms with Crippen LogP contribution in [-0.2, 0) is 35.0 Å². The van der Waals surface area contributed by atoms with Gasteiger partial charge in [0.15, 0.2) is 0 Å². The highest BCUT2D eigenvalue weighted by Gasteiger charge is 2.43. The molecule has 1 aromatic carbocycles. The molecule has 0 spiro atoms. The molecule has 0 saturated carbocycles. The Morgan fingerprint density at radius 3 is 2.29 bits per heavy atom. The Morgan fingerprint density at radius 2 is 1.71 bits per heavy atom. The number of aliphatic hydroxyl groups is 1. The minimum absolute atomic E-state index is 0.0188. The van der Waals surface area contributed by atoms with E-state index in [-0.39, 0.29) is 60.7 Å². The number of hydrogen-bond acceptors (Lipinski definition) is 8. The number of nitrogens with one attached hydrogen (secondary N) is 2. The molecular formula is C39H65N5O8. The van der Waals surface area contributed by atoms with Crippen LogP contribution >= 0.6 is 0 Å². The Hall–Kier alpha value is -3.26. The number of carbonyl (C=O) groups excluding carboxylic acids is 4. The molecule has 5 amide bonds. The van der Waals surface area contributed by atoms with Crippen LogP contribution in [-0.4, -0.2) is 140 Å². The minimum atomic E-state index is -0.775. The average molecular weight is 732 g/mol. The average Bonchev–Trinajstić information content (AvgIpc) is 3.63. The van der Waals surface area contributed by atoms with Gasteiger partial charge in [0.05, 0.1) is 68.5 Å². The van der Waals surface area contributed by atoms with Gasteiger partial charge in [0.25, 0.3) is 0 Å². The van der Waals surface area contributed by atoms with Gasteiger partial charge >= 0.3 is 6.03 Å². The first kappa shape index (κ1) is 43.1. The summed E-state index contributed by atoms with van der Waals surface area (Å²) in [4.78, 5) is 60.3. The normalized spacial score (nSPS) is 21.8. The SMILES string of the molecule is CC[C@H](C)[C@@H]([C@@H](CC(=O)N1CCC[C@H]1[C@H](OC)[C@@H](C)C(=O)N[C@H](CO)Cc1ccccc1)OC)N(C)C(=O)[C@@H](NC(=O)N1CCOC[C@@H]1C)C(C)C. The van der Waals surface area contributed by atoms with Crippen molar-refractivity contribution >= 4 is 23.8 Å². The van der Waals surface area contributed by atoms with E-state index in [2.05, 4.69) is 10.6 Å². The quantitative estimate of drug-likeness (QED) is 0.209. The van der Waals surface area contributed by atoms with Crippen LogP contribution < -0.4 is 10.6 Å². The fraction of sp³-hybridized carbons (Fsp3) is 0.744. The van der Waals surface area contributed by atoms with Crippen molar-refractivity contribution in [3.8, 4) is 0 Å². The number of aliphatic hydroxyl groups excluding tert-OH is 1. The molecule has 9 atom stereocenters. The first-order chi connectivity index (χ1) is 24.8. The summed E-state index contributed by atoms with van der Waals surface area (Å²) < 4.78 is 17.4. The van der Waals surface area contributed by atoms with Crippen LogP contribution in [0.25, 0.3) is 0 Å². The van der Waals surface area contributed by atoms with Gasteiger partial charge in [-0.3, -0.25) is 14.4 Å². The number of hydrogen-bond donors (Lipinski definition) is 3. The Kier molecular flexibility index (Phi) is 17.3. The molecule has 0 radical (unpaired) electrons. The molecule has 2 aliphatic rings. The third-order valence-electron chi connectivity index (χ3n) is 11.0. The zero-order valence-electron chi connectivity index (χ0n) is 32.9. The number of urea groups is 1. The lowest BCUT2D eigenvalue weighted by molar-refractivity contribution is -0.147. The standard InChI is InChI=1S/C39H65N5O8/c1-10-26(4)35(42(7)38(48)34(25(2)3)41-39(49)43-19-20-52-24-27(43)5)32(50-8)22-33(46)44-18-14-17-31(44)36(51-9)28(6)37(47)40-30(23-45)21-29-15-12-11-13-16-29/h11-13,15-16,25-28,30-32,34-36,45H,10,14,17-24H2,1-9H3,(H,40,47)(H,41,49)/t26-,27-,28+,30-,31-,32+,34-,35-,36+/m0/s1. The molecule has 3 rings (SSSR count). The minimum Gasteiger partial charge on any atom is -0.394 e. The van der Waals surface area contributed by atoms with Crippen LogP contribution in [0.5, 0.6) is 0 Å². The third-order valence-corrected chi connectivity index (χ3v) is 11.0.